The molecule has 0 spiro atoms. The van der Waals surface area contributed by atoms with Crippen molar-refractivity contribution in [3.05, 3.63) is 63.9 Å². The molecule has 1 heterocycles. The number of nitrogens with zero attached hydrogens (tertiary/aromatic N) is 1. The molecule has 1 unspecified atom stereocenters. The first kappa shape index (κ1) is 12.4. The topological polar surface area (TPSA) is 42.0 Å². The summed E-state index contributed by atoms with van der Waals surface area (Å²) >= 11 is 3.35. The van der Waals surface area contributed by atoms with Crippen LogP contribution in [0.4, 0.5) is 0 Å². The summed E-state index contributed by atoms with van der Waals surface area (Å²) in [4.78, 5) is 16.3. The molecule has 1 aliphatic carbocycles. The van der Waals surface area contributed by atoms with Crippen molar-refractivity contribution in [2.75, 3.05) is 0 Å². The van der Waals surface area contributed by atoms with Gasteiger partial charge in [0.05, 0.1) is 6.04 Å². The van der Waals surface area contributed by atoms with Gasteiger partial charge in [0, 0.05) is 10.7 Å². The van der Waals surface area contributed by atoms with Gasteiger partial charge >= 0.3 is 0 Å². The molecule has 0 aliphatic heterocycles. The summed E-state index contributed by atoms with van der Waals surface area (Å²) in [6.07, 6.45) is 3.60. The Bertz CT molecular complexity index is 627. The Morgan fingerprint density at radius 1 is 1.26 bits per heavy atom. The number of halogens is 1. The third kappa shape index (κ3) is 2.40. The summed E-state index contributed by atoms with van der Waals surface area (Å²) in [5.74, 6) is -0.130. The first-order chi connectivity index (χ1) is 9.25. The fraction of sp³-hybridized carbons (Fsp3) is 0.200. The predicted octanol–water partition coefficient (Wildman–Crippen LogP) is 3.26. The van der Waals surface area contributed by atoms with Crippen LogP contribution in [0.5, 0.6) is 0 Å². The highest BCUT2D eigenvalue weighted by Gasteiger charge is 2.24. The molecule has 3 nitrogen and oxygen atoms in total. The Hall–Kier alpha value is -1.68. The van der Waals surface area contributed by atoms with Crippen LogP contribution in [-0.4, -0.2) is 10.9 Å². The summed E-state index contributed by atoms with van der Waals surface area (Å²) in [6, 6.07) is 12.0. The minimum atomic E-state index is -0.130. The number of carbonyl (C=O) groups excluding carboxylic acids is 1. The zero-order valence-electron chi connectivity index (χ0n) is 10.3. The standard InChI is InChI=1S/C15H13BrN2O/c16-12-6-3-9-17-14(12)15(19)18-13-8-7-10-4-1-2-5-11(10)13/h1-6,9,13H,7-8H2,(H,18,19). The van der Waals surface area contributed by atoms with Crippen LogP contribution in [0.15, 0.2) is 47.1 Å². The van der Waals surface area contributed by atoms with Crippen LogP contribution in [0.2, 0.25) is 0 Å². The molecule has 0 radical (unpaired) electrons. The maximum atomic E-state index is 12.2. The van der Waals surface area contributed by atoms with Gasteiger partial charge in [-0.15, -0.1) is 0 Å². The first-order valence-corrected chi connectivity index (χ1v) is 7.04. The van der Waals surface area contributed by atoms with Crippen molar-refractivity contribution in [1.29, 1.82) is 0 Å². The summed E-state index contributed by atoms with van der Waals surface area (Å²) in [7, 11) is 0. The first-order valence-electron chi connectivity index (χ1n) is 6.25. The van der Waals surface area contributed by atoms with Crippen LogP contribution in [0.3, 0.4) is 0 Å². The average Bonchev–Trinajstić information content (AvgIpc) is 2.83. The second kappa shape index (κ2) is 5.13. The predicted molar refractivity (Wildman–Crippen MR) is 76.9 cm³/mol. The zero-order valence-corrected chi connectivity index (χ0v) is 11.9. The third-order valence-corrected chi connectivity index (χ3v) is 4.05. The highest BCUT2D eigenvalue weighted by atomic mass is 79.9. The summed E-state index contributed by atoms with van der Waals surface area (Å²) in [5, 5.41) is 3.06. The van der Waals surface area contributed by atoms with E-state index in [1.54, 1.807) is 12.3 Å². The molecule has 96 valence electrons. The Morgan fingerprint density at radius 3 is 2.95 bits per heavy atom. The molecule has 0 bridgehead atoms. The molecule has 0 saturated heterocycles. The summed E-state index contributed by atoms with van der Waals surface area (Å²) < 4.78 is 0.721. The van der Waals surface area contributed by atoms with Crippen LogP contribution >= 0.6 is 15.9 Å². The number of pyridine rings is 1. The second-order valence-corrected chi connectivity index (χ2v) is 5.45. The molecule has 1 N–H and O–H groups in total. The van der Waals surface area contributed by atoms with Gasteiger partial charge in [-0.05, 0) is 52.0 Å². The highest BCUT2D eigenvalue weighted by Crippen LogP contribution is 2.31. The summed E-state index contributed by atoms with van der Waals surface area (Å²) in [6.45, 7) is 0. The monoisotopic (exact) mass is 316 g/mol. The van der Waals surface area contributed by atoms with Crippen LogP contribution in [0.25, 0.3) is 0 Å². The number of aromatic nitrogens is 1. The van der Waals surface area contributed by atoms with Gasteiger partial charge in [-0.2, -0.15) is 0 Å². The minimum absolute atomic E-state index is 0.0950. The van der Waals surface area contributed by atoms with E-state index in [2.05, 4.69) is 38.4 Å². The van der Waals surface area contributed by atoms with Crippen molar-refractivity contribution in [1.82, 2.24) is 10.3 Å². The van der Waals surface area contributed by atoms with Gasteiger partial charge in [-0.1, -0.05) is 24.3 Å². The molecular weight excluding hydrogens is 304 g/mol. The van der Waals surface area contributed by atoms with E-state index in [1.807, 2.05) is 18.2 Å². The molecule has 1 aliphatic rings. The van der Waals surface area contributed by atoms with E-state index in [1.165, 1.54) is 11.1 Å². The largest absolute Gasteiger partial charge is 0.344 e. The lowest BCUT2D eigenvalue weighted by Gasteiger charge is -2.14. The number of rotatable bonds is 2. The fourth-order valence-corrected chi connectivity index (χ4v) is 2.92. The molecule has 1 aromatic heterocycles. The number of carbonyl (C=O) groups is 1. The molecule has 4 heteroatoms. The molecule has 19 heavy (non-hydrogen) atoms. The number of benzene rings is 1. The molecular formula is C15H13BrN2O. The number of fused-ring (bicyclic) bond motifs is 1. The van der Waals surface area contributed by atoms with Crippen LogP contribution in [0.1, 0.15) is 34.1 Å². The molecule has 3 rings (SSSR count). The Kier molecular flexibility index (Phi) is 3.34. The molecule has 1 aromatic carbocycles. The number of hydrogen-bond donors (Lipinski definition) is 1. The van der Waals surface area contributed by atoms with Crippen molar-refractivity contribution in [3.63, 3.8) is 0 Å². The van der Waals surface area contributed by atoms with E-state index < -0.39 is 0 Å². The zero-order chi connectivity index (χ0) is 13.2. The smallest absolute Gasteiger partial charge is 0.271 e. The maximum Gasteiger partial charge on any atom is 0.271 e. The Morgan fingerprint density at radius 2 is 2.11 bits per heavy atom. The third-order valence-electron chi connectivity index (χ3n) is 3.41. The van der Waals surface area contributed by atoms with Crippen LogP contribution < -0.4 is 5.32 Å². The van der Waals surface area contributed by atoms with E-state index in [4.69, 9.17) is 0 Å². The van der Waals surface area contributed by atoms with E-state index in [0.717, 1.165) is 17.3 Å². The van der Waals surface area contributed by atoms with Crippen LogP contribution in [-0.2, 0) is 6.42 Å². The van der Waals surface area contributed by atoms with Crippen LogP contribution in [0, 0.1) is 0 Å². The Balaban J connectivity index is 1.81. The van der Waals surface area contributed by atoms with E-state index >= 15 is 0 Å². The van der Waals surface area contributed by atoms with Crippen molar-refractivity contribution in [2.45, 2.75) is 18.9 Å². The minimum Gasteiger partial charge on any atom is -0.344 e. The van der Waals surface area contributed by atoms with Gasteiger partial charge in [0.15, 0.2) is 0 Å². The number of nitrogens with one attached hydrogen (secondary N) is 1. The molecule has 2 aromatic rings. The molecule has 0 fully saturated rings. The second-order valence-electron chi connectivity index (χ2n) is 4.60. The van der Waals surface area contributed by atoms with Crippen molar-refractivity contribution < 1.29 is 4.79 Å². The van der Waals surface area contributed by atoms with Crippen molar-refractivity contribution >= 4 is 21.8 Å². The lowest BCUT2D eigenvalue weighted by atomic mass is 10.1. The SMILES string of the molecule is O=C(NC1CCc2ccccc21)c1ncccc1Br. The van der Waals surface area contributed by atoms with Crippen molar-refractivity contribution in [3.8, 4) is 0 Å². The molecule has 0 saturated carbocycles. The van der Waals surface area contributed by atoms with E-state index in [0.29, 0.717) is 5.69 Å². The number of amides is 1. The van der Waals surface area contributed by atoms with Gasteiger partial charge in [0.1, 0.15) is 5.69 Å². The number of aryl methyl sites for hydroxylation is 1. The number of hydrogen-bond acceptors (Lipinski definition) is 2. The van der Waals surface area contributed by atoms with Gasteiger partial charge in [0.2, 0.25) is 0 Å². The average molecular weight is 317 g/mol. The van der Waals surface area contributed by atoms with Gasteiger partial charge < -0.3 is 5.32 Å². The van der Waals surface area contributed by atoms with Gasteiger partial charge in [-0.3, -0.25) is 4.79 Å². The van der Waals surface area contributed by atoms with Gasteiger partial charge in [0.25, 0.3) is 5.91 Å². The molecule has 1 amide bonds. The normalized spacial score (nSPS) is 17.0. The van der Waals surface area contributed by atoms with Crippen molar-refractivity contribution in [2.24, 2.45) is 0 Å². The Labute approximate surface area is 120 Å². The quantitative estimate of drug-likeness (QED) is 0.924. The molecule has 1 atom stereocenters. The summed E-state index contributed by atoms with van der Waals surface area (Å²) in [5.41, 5.74) is 2.99. The fourth-order valence-electron chi connectivity index (χ4n) is 2.49. The maximum absolute atomic E-state index is 12.2. The van der Waals surface area contributed by atoms with E-state index in [9.17, 15) is 4.79 Å². The van der Waals surface area contributed by atoms with Gasteiger partial charge in [-0.25, -0.2) is 4.98 Å². The van der Waals surface area contributed by atoms with E-state index in [-0.39, 0.29) is 11.9 Å². The lowest BCUT2D eigenvalue weighted by molar-refractivity contribution is 0.0931. The lowest BCUT2D eigenvalue weighted by Crippen LogP contribution is -2.28. The highest BCUT2D eigenvalue weighted by molar-refractivity contribution is 9.10.